The van der Waals surface area contributed by atoms with Crippen molar-refractivity contribution in [2.75, 3.05) is 26.9 Å². The predicted octanol–water partition coefficient (Wildman–Crippen LogP) is 3.75. The number of nitrogens with one attached hydrogen (secondary N) is 2. The van der Waals surface area contributed by atoms with Gasteiger partial charge < -0.3 is 20.1 Å². The summed E-state index contributed by atoms with van der Waals surface area (Å²) in [5.74, 6) is 1.45. The Bertz CT molecular complexity index is 500. The van der Waals surface area contributed by atoms with Crippen molar-refractivity contribution in [3.05, 3.63) is 23.9 Å². The summed E-state index contributed by atoms with van der Waals surface area (Å²) in [6, 6.07) is 4.30. The lowest BCUT2D eigenvalue weighted by Gasteiger charge is -2.18. The monoisotopic (exact) mass is 478 g/mol. The van der Waals surface area contributed by atoms with Crippen LogP contribution in [0.4, 0.5) is 0 Å². The lowest BCUT2D eigenvalue weighted by Crippen LogP contribution is -2.42. The van der Waals surface area contributed by atoms with Crippen LogP contribution in [0.2, 0.25) is 0 Å². The van der Waals surface area contributed by atoms with E-state index in [1.807, 2.05) is 12.1 Å². The Labute approximate surface area is 175 Å². The van der Waals surface area contributed by atoms with E-state index in [1.165, 1.54) is 19.3 Å². The van der Waals surface area contributed by atoms with Gasteiger partial charge in [0.2, 0.25) is 5.88 Å². The van der Waals surface area contributed by atoms with E-state index in [4.69, 9.17) is 9.47 Å². The summed E-state index contributed by atoms with van der Waals surface area (Å²) in [5, 5.41) is 6.78. The molecular weight excluding hydrogens is 443 g/mol. The maximum atomic E-state index is 5.67. The van der Waals surface area contributed by atoms with Gasteiger partial charge in [0.25, 0.3) is 0 Å². The van der Waals surface area contributed by atoms with Gasteiger partial charge in [0.05, 0.1) is 13.2 Å². The minimum absolute atomic E-state index is 0. The first-order chi connectivity index (χ1) is 12.2. The largest absolute Gasteiger partial charge is 0.475 e. The Morgan fingerprint density at radius 1 is 1.27 bits per heavy atom. The highest BCUT2D eigenvalue weighted by atomic mass is 127. The molecule has 1 heterocycles. The maximum absolute atomic E-state index is 5.67. The normalized spacial score (nSPS) is 12.2. The second kappa shape index (κ2) is 16.1. The fraction of sp³-hybridized carbons (Fsp3) is 0.684. The number of aromatic nitrogens is 1. The van der Waals surface area contributed by atoms with E-state index in [0.29, 0.717) is 31.7 Å². The quantitative estimate of drug-likeness (QED) is 0.207. The predicted molar refractivity (Wildman–Crippen MR) is 119 cm³/mol. The minimum Gasteiger partial charge on any atom is -0.475 e. The van der Waals surface area contributed by atoms with Gasteiger partial charge in [-0.25, -0.2) is 9.98 Å². The molecule has 1 aromatic rings. The van der Waals surface area contributed by atoms with E-state index in [9.17, 15) is 0 Å². The number of methoxy groups -OCH3 is 1. The first-order valence-electron chi connectivity index (χ1n) is 9.31. The topological polar surface area (TPSA) is 67.8 Å². The minimum atomic E-state index is 0. The number of halogens is 1. The van der Waals surface area contributed by atoms with Crippen molar-refractivity contribution >= 4 is 29.9 Å². The molecule has 0 spiro atoms. The Balaban J connectivity index is 0.00000625. The van der Waals surface area contributed by atoms with Gasteiger partial charge in [0.15, 0.2) is 5.96 Å². The number of rotatable bonds is 12. The van der Waals surface area contributed by atoms with Gasteiger partial charge in [-0.05, 0) is 26.3 Å². The molecule has 0 aliphatic carbocycles. The molecule has 1 unspecified atom stereocenters. The van der Waals surface area contributed by atoms with Crippen molar-refractivity contribution in [3.63, 3.8) is 0 Å². The number of aliphatic imine (C=N–C) groups is 1. The van der Waals surface area contributed by atoms with Gasteiger partial charge in [0, 0.05) is 31.5 Å². The lowest BCUT2D eigenvalue weighted by atomic mass is 10.1. The highest BCUT2D eigenvalue weighted by Crippen LogP contribution is 2.15. The summed E-state index contributed by atoms with van der Waals surface area (Å²) < 4.78 is 10.7. The van der Waals surface area contributed by atoms with E-state index in [1.54, 1.807) is 13.3 Å². The van der Waals surface area contributed by atoms with Crippen molar-refractivity contribution in [1.82, 2.24) is 15.6 Å². The molecule has 0 saturated carbocycles. The SMILES string of the molecule is CCCCCC(C)NC(=NCc1cccnc1OCCOC)NCC.I. The summed E-state index contributed by atoms with van der Waals surface area (Å²) in [4.78, 5) is 8.98. The van der Waals surface area contributed by atoms with Crippen LogP contribution < -0.4 is 15.4 Å². The molecule has 6 nitrogen and oxygen atoms in total. The average Bonchev–Trinajstić information content (AvgIpc) is 2.61. The zero-order chi connectivity index (χ0) is 18.3. The van der Waals surface area contributed by atoms with E-state index in [2.05, 4.69) is 41.4 Å². The molecule has 1 atom stereocenters. The first kappa shape index (κ1) is 24.9. The molecule has 0 saturated heterocycles. The van der Waals surface area contributed by atoms with Gasteiger partial charge in [-0.15, -0.1) is 24.0 Å². The van der Waals surface area contributed by atoms with Gasteiger partial charge in [-0.1, -0.05) is 32.3 Å². The molecule has 7 heteroatoms. The Hall–Kier alpha value is -1.09. The standard InChI is InChI=1S/C19H34N4O2.HI/c1-5-7-8-10-16(3)23-19(20-6-2)22-15-17-11-9-12-21-18(17)25-14-13-24-4;/h9,11-12,16H,5-8,10,13-15H2,1-4H3,(H2,20,22,23);1H. The Kier molecular flexibility index (Phi) is 15.4. The molecule has 2 N–H and O–H groups in total. The number of unbranched alkanes of at least 4 members (excludes halogenated alkanes) is 2. The number of hydrogen-bond donors (Lipinski definition) is 2. The molecular formula is C19H35IN4O2. The van der Waals surface area contributed by atoms with Crippen molar-refractivity contribution in [3.8, 4) is 5.88 Å². The number of hydrogen-bond acceptors (Lipinski definition) is 4. The van der Waals surface area contributed by atoms with E-state index >= 15 is 0 Å². The molecule has 26 heavy (non-hydrogen) atoms. The molecule has 0 fully saturated rings. The van der Waals surface area contributed by atoms with Crippen LogP contribution in [0.1, 0.15) is 52.0 Å². The molecule has 0 amide bonds. The molecule has 150 valence electrons. The Morgan fingerprint density at radius 3 is 2.77 bits per heavy atom. The second-order valence-electron chi connectivity index (χ2n) is 6.05. The van der Waals surface area contributed by atoms with Crippen LogP contribution in [0.25, 0.3) is 0 Å². The molecule has 1 aromatic heterocycles. The summed E-state index contributed by atoms with van der Waals surface area (Å²) in [7, 11) is 1.66. The fourth-order valence-corrected chi connectivity index (χ4v) is 2.39. The third kappa shape index (κ3) is 10.8. The molecule has 0 aliphatic rings. The third-order valence-corrected chi connectivity index (χ3v) is 3.75. The molecule has 0 radical (unpaired) electrons. The molecule has 0 bridgehead atoms. The van der Waals surface area contributed by atoms with Crippen molar-refractivity contribution < 1.29 is 9.47 Å². The third-order valence-electron chi connectivity index (χ3n) is 3.75. The van der Waals surface area contributed by atoms with Crippen molar-refractivity contribution in [1.29, 1.82) is 0 Å². The van der Waals surface area contributed by atoms with Crippen LogP contribution in [0.3, 0.4) is 0 Å². The van der Waals surface area contributed by atoms with Crippen LogP contribution in [-0.2, 0) is 11.3 Å². The van der Waals surface area contributed by atoms with E-state index in [-0.39, 0.29) is 24.0 Å². The van der Waals surface area contributed by atoms with Crippen LogP contribution in [-0.4, -0.2) is 43.9 Å². The summed E-state index contributed by atoms with van der Waals surface area (Å²) >= 11 is 0. The zero-order valence-electron chi connectivity index (χ0n) is 16.6. The van der Waals surface area contributed by atoms with E-state index in [0.717, 1.165) is 24.5 Å². The van der Waals surface area contributed by atoms with Gasteiger partial charge in [-0.2, -0.15) is 0 Å². The van der Waals surface area contributed by atoms with Gasteiger partial charge in [-0.3, -0.25) is 0 Å². The molecule has 1 rings (SSSR count). The van der Waals surface area contributed by atoms with Crippen LogP contribution in [0.15, 0.2) is 23.3 Å². The van der Waals surface area contributed by atoms with Crippen molar-refractivity contribution in [2.24, 2.45) is 4.99 Å². The van der Waals surface area contributed by atoms with Crippen LogP contribution >= 0.6 is 24.0 Å². The molecule has 0 aromatic carbocycles. The zero-order valence-corrected chi connectivity index (χ0v) is 18.9. The number of pyridine rings is 1. The van der Waals surface area contributed by atoms with Gasteiger partial charge >= 0.3 is 0 Å². The fourth-order valence-electron chi connectivity index (χ4n) is 2.39. The number of ether oxygens (including phenoxy) is 2. The van der Waals surface area contributed by atoms with Crippen molar-refractivity contribution in [2.45, 2.75) is 59.0 Å². The van der Waals surface area contributed by atoms with Gasteiger partial charge in [0.1, 0.15) is 6.61 Å². The lowest BCUT2D eigenvalue weighted by molar-refractivity contribution is 0.143. The summed E-state index contributed by atoms with van der Waals surface area (Å²) in [6.07, 6.45) is 6.64. The van der Waals surface area contributed by atoms with E-state index < -0.39 is 0 Å². The van der Waals surface area contributed by atoms with Crippen LogP contribution in [0.5, 0.6) is 5.88 Å². The highest BCUT2D eigenvalue weighted by Gasteiger charge is 2.07. The smallest absolute Gasteiger partial charge is 0.218 e. The first-order valence-corrected chi connectivity index (χ1v) is 9.31. The average molecular weight is 478 g/mol. The van der Waals surface area contributed by atoms with Crippen LogP contribution in [0, 0.1) is 0 Å². The maximum Gasteiger partial charge on any atom is 0.218 e. The number of guanidine groups is 1. The highest BCUT2D eigenvalue weighted by molar-refractivity contribution is 14.0. The second-order valence-corrected chi connectivity index (χ2v) is 6.05. The Morgan fingerprint density at radius 2 is 2.08 bits per heavy atom. The summed E-state index contributed by atoms with van der Waals surface area (Å²) in [5.41, 5.74) is 0.967. The molecule has 0 aliphatic heterocycles. The summed E-state index contributed by atoms with van der Waals surface area (Å²) in [6.45, 7) is 8.87. The number of nitrogens with zero attached hydrogens (tertiary/aromatic N) is 2.